The Morgan fingerprint density at radius 1 is 1.39 bits per heavy atom. The lowest BCUT2D eigenvalue weighted by atomic mass is 9.85. The first-order valence-electron chi connectivity index (χ1n) is 5.40. The summed E-state index contributed by atoms with van der Waals surface area (Å²) in [5.74, 6) is -1.17. The minimum atomic E-state index is -1.53. The predicted molar refractivity (Wildman–Crippen MR) is 63.3 cm³/mol. The maximum Gasteiger partial charge on any atom is 0.334 e. The van der Waals surface area contributed by atoms with E-state index >= 15 is 0 Å². The van der Waals surface area contributed by atoms with Crippen molar-refractivity contribution in [3.8, 4) is 0 Å². The first-order valence-corrected chi connectivity index (χ1v) is 5.40. The summed E-state index contributed by atoms with van der Waals surface area (Å²) < 4.78 is 9.76. The topological polar surface area (TPSA) is 78.6 Å². The minimum Gasteiger partial charge on any atom is -0.467 e. The van der Waals surface area contributed by atoms with E-state index in [1.54, 1.807) is 30.3 Å². The maximum atomic E-state index is 12.0. The van der Waals surface area contributed by atoms with Crippen LogP contribution >= 0.6 is 0 Å². The number of cyclic esters (lactones) is 1. The summed E-state index contributed by atoms with van der Waals surface area (Å²) in [7, 11) is 1.24. The highest BCUT2D eigenvalue weighted by Gasteiger charge is 2.47. The zero-order valence-corrected chi connectivity index (χ0v) is 9.83. The van der Waals surface area contributed by atoms with Gasteiger partial charge in [-0.05, 0) is 11.6 Å². The molecule has 5 nitrogen and oxygen atoms in total. The van der Waals surface area contributed by atoms with E-state index in [2.05, 4.69) is 0 Å². The third kappa shape index (κ3) is 1.89. The van der Waals surface area contributed by atoms with Gasteiger partial charge in [-0.25, -0.2) is 9.59 Å². The lowest BCUT2D eigenvalue weighted by molar-refractivity contribution is -0.156. The zero-order chi connectivity index (χ0) is 13.2. The smallest absolute Gasteiger partial charge is 0.334 e. The molecule has 0 aromatic heterocycles. The quantitative estimate of drug-likeness (QED) is 0.787. The van der Waals surface area contributed by atoms with Crippen molar-refractivity contribution >= 4 is 11.9 Å². The Bertz CT molecular complexity index is 497. The molecule has 0 aliphatic carbocycles. The van der Waals surface area contributed by atoms with Crippen molar-refractivity contribution in [2.24, 2.45) is 5.73 Å². The van der Waals surface area contributed by atoms with E-state index in [0.29, 0.717) is 5.56 Å². The van der Waals surface area contributed by atoms with Crippen LogP contribution in [-0.2, 0) is 24.6 Å². The molecular formula is C13H13NO4. The fourth-order valence-corrected chi connectivity index (χ4v) is 1.90. The van der Waals surface area contributed by atoms with Gasteiger partial charge in [0, 0.05) is 6.08 Å². The van der Waals surface area contributed by atoms with Crippen molar-refractivity contribution in [2.75, 3.05) is 7.11 Å². The van der Waals surface area contributed by atoms with Crippen molar-refractivity contribution in [3.63, 3.8) is 0 Å². The van der Waals surface area contributed by atoms with Crippen LogP contribution in [0.2, 0.25) is 0 Å². The summed E-state index contributed by atoms with van der Waals surface area (Å²) in [4.78, 5) is 23.1. The molecule has 0 saturated heterocycles. The van der Waals surface area contributed by atoms with Gasteiger partial charge < -0.3 is 15.2 Å². The van der Waals surface area contributed by atoms with E-state index in [1.807, 2.05) is 0 Å². The van der Waals surface area contributed by atoms with Crippen LogP contribution in [-0.4, -0.2) is 25.2 Å². The van der Waals surface area contributed by atoms with Crippen LogP contribution in [0.4, 0.5) is 0 Å². The van der Waals surface area contributed by atoms with E-state index in [4.69, 9.17) is 15.2 Å². The summed E-state index contributed by atoms with van der Waals surface area (Å²) in [5.41, 5.74) is 5.14. The van der Waals surface area contributed by atoms with Crippen LogP contribution in [0.15, 0.2) is 42.5 Å². The lowest BCUT2D eigenvalue weighted by Crippen LogP contribution is -2.54. The number of hydrogen-bond acceptors (Lipinski definition) is 5. The van der Waals surface area contributed by atoms with Crippen LogP contribution in [0.5, 0.6) is 0 Å². The molecule has 0 radical (unpaired) electrons. The number of carbonyl (C=O) groups excluding carboxylic acids is 2. The summed E-state index contributed by atoms with van der Waals surface area (Å²) in [6.45, 7) is 0. The van der Waals surface area contributed by atoms with Crippen molar-refractivity contribution in [2.45, 2.75) is 11.6 Å². The van der Waals surface area contributed by atoms with Gasteiger partial charge in [0.2, 0.25) is 0 Å². The molecule has 0 bridgehead atoms. The van der Waals surface area contributed by atoms with E-state index in [-0.39, 0.29) is 0 Å². The van der Waals surface area contributed by atoms with Gasteiger partial charge in [-0.15, -0.1) is 0 Å². The third-order valence-electron chi connectivity index (χ3n) is 2.87. The Morgan fingerprint density at radius 3 is 2.56 bits per heavy atom. The molecule has 1 aliphatic heterocycles. The highest BCUT2D eigenvalue weighted by Crippen LogP contribution is 2.29. The molecule has 0 fully saturated rings. The van der Waals surface area contributed by atoms with Crippen LogP contribution in [0.25, 0.3) is 0 Å². The molecule has 1 aliphatic rings. The molecule has 94 valence electrons. The predicted octanol–water partition coefficient (Wildman–Crippen LogP) is 0.495. The lowest BCUT2D eigenvalue weighted by Gasteiger charge is -2.30. The van der Waals surface area contributed by atoms with Gasteiger partial charge in [-0.1, -0.05) is 30.3 Å². The molecular weight excluding hydrogens is 234 g/mol. The van der Waals surface area contributed by atoms with E-state index in [9.17, 15) is 9.59 Å². The summed E-state index contributed by atoms with van der Waals surface area (Å²) >= 11 is 0. The Morgan fingerprint density at radius 2 is 2.06 bits per heavy atom. The van der Waals surface area contributed by atoms with Gasteiger partial charge in [-0.2, -0.15) is 0 Å². The number of esters is 2. The Hall–Kier alpha value is -2.14. The second-order valence-electron chi connectivity index (χ2n) is 3.94. The van der Waals surface area contributed by atoms with Crippen molar-refractivity contribution in [1.82, 2.24) is 0 Å². The van der Waals surface area contributed by atoms with Gasteiger partial charge in [-0.3, -0.25) is 0 Å². The molecule has 5 heteroatoms. The Balaban J connectivity index is 2.45. The monoisotopic (exact) mass is 247 g/mol. The molecule has 1 aromatic rings. The molecule has 18 heavy (non-hydrogen) atoms. The minimum absolute atomic E-state index is 0.519. The van der Waals surface area contributed by atoms with Crippen molar-refractivity contribution < 1.29 is 19.1 Å². The van der Waals surface area contributed by atoms with Crippen LogP contribution < -0.4 is 5.73 Å². The largest absolute Gasteiger partial charge is 0.467 e. The highest BCUT2D eigenvalue weighted by molar-refractivity contribution is 5.89. The molecule has 2 atom stereocenters. The first-order chi connectivity index (χ1) is 8.59. The molecule has 2 N–H and O–H groups in total. The number of nitrogens with two attached hydrogens (primary N) is 1. The molecule has 1 heterocycles. The van der Waals surface area contributed by atoms with Crippen molar-refractivity contribution in [1.29, 1.82) is 0 Å². The summed E-state index contributed by atoms with van der Waals surface area (Å²) in [6.07, 6.45) is 1.85. The SMILES string of the molecule is COC(=O)[C@](N)(c1ccccc1)[C@H]1C=CC(=O)O1. The van der Waals surface area contributed by atoms with Gasteiger partial charge in [0.05, 0.1) is 7.11 Å². The molecule has 0 spiro atoms. The van der Waals surface area contributed by atoms with Gasteiger partial charge in [0.25, 0.3) is 0 Å². The number of methoxy groups -OCH3 is 1. The standard InChI is InChI=1S/C13H13NO4/c1-17-12(16)13(14,9-5-3-2-4-6-9)10-7-8-11(15)18-10/h2-8,10H,14H2,1H3/t10-,13+/m1/s1. The zero-order valence-electron chi connectivity index (χ0n) is 9.83. The second-order valence-corrected chi connectivity index (χ2v) is 3.94. The molecule has 2 rings (SSSR count). The first kappa shape index (κ1) is 12.3. The number of carbonyl (C=O) groups is 2. The summed E-state index contributed by atoms with van der Waals surface area (Å²) in [6, 6.07) is 8.69. The van der Waals surface area contributed by atoms with Crippen LogP contribution in [0, 0.1) is 0 Å². The molecule has 0 amide bonds. The van der Waals surface area contributed by atoms with E-state index < -0.39 is 23.6 Å². The third-order valence-corrected chi connectivity index (χ3v) is 2.87. The van der Waals surface area contributed by atoms with E-state index in [0.717, 1.165) is 0 Å². The van der Waals surface area contributed by atoms with E-state index in [1.165, 1.54) is 19.3 Å². The van der Waals surface area contributed by atoms with Crippen molar-refractivity contribution in [3.05, 3.63) is 48.0 Å². The average Bonchev–Trinajstić information content (AvgIpc) is 2.85. The molecule has 0 unspecified atom stereocenters. The van der Waals surface area contributed by atoms with Gasteiger partial charge in [0.15, 0.2) is 11.6 Å². The summed E-state index contributed by atoms with van der Waals surface area (Å²) in [5, 5.41) is 0. The average molecular weight is 247 g/mol. The fourth-order valence-electron chi connectivity index (χ4n) is 1.90. The Labute approximate surface area is 104 Å². The fraction of sp³-hybridized carbons (Fsp3) is 0.231. The number of ether oxygens (including phenoxy) is 2. The maximum absolute atomic E-state index is 12.0. The number of benzene rings is 1. The normalized spacial score (nSPS) is 21.2. The molecule has 1 aromatic carbocycles. The number of hydrogen-bond donors (Lipinski definition) is 1. The molecule has 0 saturated carbocycles. The highest BCUT2D eigenvalue weighted by atomic mass is 16.6. The van der Waals surface area contributed by atoms with Crippen LogP contribution in [0.3, 0.4) is 0 Å². The van der Waals surface area contributed by atoms with Gasteiger partial charge in [0.1, 0.15) is 0 Å². The van der Waals surface area contributed by atoms with Crippen LogP contribution in [0.1, 0.15) is 5.56 Å². The van der Waals surface area contributed by atoms with Gasteiger partial charge >= 0.3 is 11.9 Å². The number of rotatable bonds is 3. The Kier molecular flexibility index (Phi) is 3.16. The second kappa shape index (κ2) is 4.62.